The third-order valence-electron chi connectivity index (χ3n) is 3.14. The predicted octanol–water partition coefficient (Wildman–Crippen LogP) is 2.77. The quantitative estimate of drug-likeness (QED) is 0.744. The molecule has 3 heteroatoms. The third kappa shape index (κ3) is 1.79. The summed E-state index contributed by atoms with van der Waals surface area (Å²) in [4.78, 5) is 4.30. The fourth-order valence-corrected chi connectivity index (χ4v) is 2.21. The Morgan fingerprint density at radius 3 is 2.78 bits per heavy atom. The molecule has 0 aliphatic carbocycles. The molecule has 2 heterocycles. The maximum absolute atomic E-state index is 5.65. The number of pyridine rings is 1. The number of rotatable bonds is 2. The van der Waals surface area contributed by atoms with E-state index in [1.165, 1.54) is 16.7 Å². The monoisotopic (exact) mass is 237 g/mol. The fourth-order valence-electron chi connectivity index (χ4n) is 2.21. The number of imidazole rings is 1. The normalized spacial score (nSPS) is 11.0. The van der Waals surface area contributed by atoms with Gasteiger partial charge in [0.05, 0.1) is 18.3 Å². The third-order valence-corrected chi connectivity index (χ3v) is 3.14. The smallest absolute Gasteiger partial charge is 0.127 e. The lowest BCUT2D eigenvalue weighted by Gasteiger charge is -2.05. The topological polar surface area (TPSA) is 43.3 Å². The van der Waals surface area contributed by atoms with Crippen molar-refractivity contribution in [1.29, 1.82) is 0 Å². The minimum Gasteiger partial charge on any atom is -0.324 e. The standard InChI is InChI=1S/C15H15N3/c1-11-3-2-4-12(7-11)13-5-6-18-14(8-13)10-17-15(18)9-16/h2-8,10H,9,16H2,1H3. The van der Waals surface area contributed by atoms with Crippen LogP contribution in [-0.2, 0) is 6.54 Å². The fraction of sp³-hybridized carbons (Fsp3) is 0.133. The van der Waals surface area contributed by atoms with Crippen molar-refractivity contribution in [3.63, 3.8) is 0 Å². The average molecular weight is 237 g/mol. The maximum atomic E-state index is 5.65. The van der Waals surface area contributed by atoms with E-state index < -0.39 is 0 Å². The highest BCUT2D eigenvalue weighted by Gasteiger charge is 2.03. The lowest BCUT2D eigenvalue weighted by Crippen LogP contribution is -2.02. The van der Waals surface area contributed by atoms with Gasteiger partial charge in [-0.15, -0.1) is 0 Å². The predicted molar refractivity (Wildman–Crippen MR) is 73.3 cm³/mol. The summed E-state index contributed by atoms with van der Waals surface area (Å²) < 4.78 is 2.03. The van der Waals surface area contributed by atoms with Gasteiger partial charge < -0.3 is 10.1 Å². The number of hydrogen-bond donors (Lipinski definition) is 1. The first-order valence-corrected chi connectivity index (χ1v) is 6.01. The molecule has 0 saturated heterocycles. The molecule has 0 bridgehead atoms. The molecule has 2 aromatic heterocycles. The van der Waals surface area contributed by atoms with Crippen molar-refractivity contribution in [2.75, 3.05) is 0 Å². The molecule has 2 N–H and O–H groups in total. The van der Waals surface area contributed by atoms with Crippen molar-refractivity contribution >= 4 is 5.52 Å². The van der Waals surface area contributed by atoms with Gasteiger partial charge in [0.15, 0.2) is 0 Å². The van der Waals surface area contributed by atoms with Crippen LogP contribution in [0.15, 0.2) is 48.8 Å². The van der Waals surface area contributed by atoms with Gasteiger partial charge in [-0.05, 0) is 30.2 Å². The number of nitrogens with two attached hydrogens (primary N) is 1. The van der Waals surface area contributed by atoms with Crippen LogP contribution in [-0.4, -0.2) is 9.38 Å². The second kappa shape index (κ2) is 4.27. The molecule has 3 nitrogen and oxygen atoms in total. The minimum atomic E-state index is 0.456. The van der Waals surface area contributed by atoms with Crippen LogP contribution >= 0.6 is 0 Å². The van der Waals surface area contributed by atoms with Crippen molar-refractivity contribution in [1.82, 2.24) is 9.38 Å². The Kier molecular flexibility index (Phi) is 2.61. The highest BCUT2D eigenvalue weighted by atomic mass is 15.0. The SMILES string of the molecule is Cc1cccc(-c2ccn3c(CN)ncc3c2)c1. The zero-order chi connectivity index (χ0) is 12.5. The molecule has 3 aromatic rings. The molecule has 0 unspecified atom stereocenters. The summed E-state index contributed by atoms with van der Waals surface area (Å²) in [7, 11) is 0. The molecule has 0 radical (unpaired) electrons. The van der Waals surface area contributed by atoms with Gasteiger partial charge in [0.2, 0.25) is 0 Å². The van der Waals surface area contributed by atoms with Gasteiger partial charge in [-0.1, -0.05) is 29.8 Å². The van der Waals surface area contributed by atoms with E-state index in [0.29, 0.717) is 6.54 Å². The molecule has 0 aliphatic rings. The second-order valence-corrected chi connectivity index (χ2v) is 4.46. The summed E-state index contributed by atoms with van der Waals surface area (Å²) in [5.74, 6) is 0.890. The lowest BCUT2D eigenvalue weighted by atomic mass is 10.0. The van der Waals surface area contributed by atoms with Crippen molar-refractivity contribution in [2.24, 2.45) is 5.73 Å². The molecule has 0 aliphatic heterocycles. The van der Waals surface area contributed by atoms with E-state index in [1.54, 1.807) is 0 Å². The van der Waals surface area contributed by atoms with Crippen molar-refractivity contribution in [2.45, 2.75) is 13.5 Å². The molecule has 1 aromatic carbocycles. The zero-order valence-electron chi connectivity index (χ0n) is 10.3. The highest BCUT2D eigenvalue weighted by molar-refractivity contribution is 5.69. The van der Waals surface area contributed by atoms with Gasteiger partial charge in [0.1, 0.15) is 5.82 Å². The van der Waals surface area contributed by atoms with Crippen LogP contribution in [0.2, 0.25) is 0 Å². The molecule has 18 heavy (non-hydrogen) atoms. The zero-order valence-corrected chi connectivity index (χ0v) is 10.3. The maximum Gasteiger partial charge on any atom is 0.127 e. The molecule has 90 valence electrons. The van der Waals surface area contributed by atoms with Crippen LogP contribution in [0.1, 0.15) is 11.4 Å². The molecule has 0 saturated carbocycles. The Labute approximate surface area is 106 Å². The highest BCUT2D eigenvalue weighted by Crippen LogP contribution is 2.22. The van der Waals surface area contributed by atoms with E-state index in [1.807, 2.05) is 16.8 Å². The Hall–Kier alpha value is -2.13. The van der Waals surface area contributed by atoms with Crippen LogP contribution in [0.4, 0.5) is 0 Å². The van der Waals surface area contributed by atoms with E-state index in [9.17, 15) is 0 Å². The van der Waals surface area contributed by atoms with E-state index in [2.05, 4.69) is 48.3 Å². The molecule has 0 fully saturated rings. The van der Waals surface area contributed by atoms with E-state index in [0.717, 1.165) is 11.3 Å². The lowest BCUT2D eigenvalue weighted by molar-refractivity contribution is 0.904. The van der Waals surface area contributed by atoms with Gasteiger partial charge in [0, 0.05) is 6.20 Å². The number of aromatic nitrogens is 2. The van der Waals surface area contributed by atoms with E-state index in [4.69, 9.17) is 5.73 Å². The van der Waals surface area contributed by atoms with Gasteiger partial charge in [-0.25, -0.2) is 4.98 Å². The van der Waals surface area contributed by atoms with Crippen LogP contribution in [0.5, 0.6) is 0 Å². The number of benzene rings is 1. The van der Waals surface area contributed by atoms with Crippen LogP contribution in [0, 0.1) is 6.92 Å². The van der Waals surface area contributed by atoms with Crippen LogP contribution in [0.25, 0.3) is 16.6 Å². The molecule has 0 amide bonds. The van der Waals surface area contributed by atoms with E-state index >= 15 is 0 Å². The number of fused-ring (bicyclic) bond motifs is 1. The second-order valence-electron chi connectivity index (χ2n) is 4.46. The first-order chi connectivity index (χ1) is 8.78. The first-order valence-electron chi connectivity index (χ1n) is 6.01. The van der Waals surface area contributed by atoms with Gasteiger partial charge in [0.25, 0.3) is 0 Å². The van der Waals surface area contributed by atoms with Gasteiger partial charge >= 0.3 is 0 Å². The molecular formula is C15H15N3. The summed E-state index contributed by atoms with van der Waals surface area (Å²) in [6.07, 6.45) is 3.89. The van der Waals surface area contributed by atoms with Crippen molar-refractivity contribution in [3.05, 3.63) is 60.2 Å². The van der Waals surface area contributed by atoms with Crippen LogP contribution in [0.3, 0.4) is 0 Å². The van der Waals surface area contributed by atoms with Gasteiger partial charge in [-0.3, -0.25) is 0 Å². The van der Waals surface area contributed by atoms with Crippen molar-refractivity contribution < 1.29 is 0 Å². The Balaban J connectivity index is 2.14. The Morgan fingerprint density at radius 1 is 1.17 bits per heavy atom. The molecule has 3 rings (SSSR count). The number of aryl methyl sites for hydroxylation is 1. The molecular weight excluding hydrogens is 222 g/mol. The van der Waals surface area contributed by atoms with Crippen LogP contribution < -0.4 is 5.73 Å². The average Bonchev–Trinajstić information content (AvgIpc) is 2.80. The minimum absolute atomic E-state index is 0.456. The molecule has 0 spiro atoms. The number of nitrogens with zero attached hydrogens (tertiary/aromatic N) is 2. The van der Waals surface area contributed by atoms with Gasteiger partial charge in [-0.2, -0.15) is 0 Å². The summed E-state index contributed by atoms with van der Waals surface area (Å²) in [6.45, 7) is 2.56. The first kappa shape index (κ1) is 11.0. The largest absolute Gasteiger partial charge is 0.324 e. The summed E-state index contributed by atoms with van der Waals surface area (Å²) in [5.41, 5.74) is 10.4. The summed E-state index contributed by atoms with van der Waals surface area (Å²) in [5, 5.41) is 0. The van der Waals surface area contributed by atoms with Crippen molar-refractivity contribution in [3.8, 4) is 11.1 Å². The summed E-state index contributed by atoms with van der Waals surface area (Å²) >= 11 is 0. The number of hydrogen-bond acceptors (Lipinski definition) is 2. The van der Waals surface area contributed by atoms with E-state index in [-0.39, 0.29) is 0 Å². The Bertz CT molecular complexity index is 698. The Morgan fingerprint density at radius 2 is 2.00 bits per heavy atom. The molecule has 0 atom stereocenters. The summed E-state index contributed by atoms with van der Waals surface area (Å²) in [6, 6.07) is 12.7.